The molecule has 0 saturated carbocycles. The Morgan fingerprint density at radius 1 is 1.07 bits per heavy atom. The van der Waals surface area contributed by atoms with Crippen LogP contribution in [0.5, 0.6) is 5.75 Å². The summed E-state index contributed by atoms with van der Waals surface area (Å²) in [5.74, 6) is -0.486. The number of aromatic nitrogens is 1. The van der Waals surface area contributed by atoms with Crippen molar-refractivity contribution in [1.29, 1.82) is 0 Å². The van der Waals surface area contributed by atoms with Crippen LogP contribution in [0.1, 0.15) is 11.3 Å². The molecule has 3 rings (SSSR count). The molecule has 0 radical (unpaired) electrons. The number of nitrogens with zero attached hydrogens (tertiary/aromatic N) is 1. The summed E-state index contributed by atoms with van der Waals surface area (Å²) in [5, 5.41) is 8.06. The molecule has 0 fully saturated rings. The number of alkyl halides is 3. The van der Waals surface area contributed by atoms with E-state index in [1.165, 1.54) is 35.6 Å². The summed E-state index contributed by atoms with van der Waals surface area (Å²) in [4.78, 5) is 16.4. The molecule has 1 heterocycles. The van der Waals surface area contributed by atoms with E-state index in [4.69, 9.17) is 0 Å². The second-order valence-corrected chi connectivity index (χ2v) is 6.79. The lowest BCUT2D eigenvalue weighted by atomic mass is 10.2. The molecule has 0 aliphatic rings. The van der Waals surface area contributed by atoms with Crippen molar-refractivity contribution in [2.24, 2.45) is 0 Å². The molecular weight excluding hydrogens is 391 g/mol. The van der Waals surface area contributed by atoms with Crippen molar-refractivity contribution in [1.82, 2.24) is 4.98 Å². The smallest absolute Gasteiger partial charge is 0.406 e. The highest BCUT2D eigenvalue weighted by atomic mass is 32.1. The quantitative estimate of drug-likeness (QED) is 0.584. The van der Waals surface area contributed by atoms with E-state index in [1.807, 2.05) is 31.2 Å². The van der Waals surface area contributed by atoms with Crippen molar-refractivity contribution in [3.8, 4) is 5.75 Å². The number of rotatable bonds is 6. The summed E-state index contributed by atoms with van der Waals surface area (Å²) < 4.78 is 40.3. The van der Waals surface area contributed by atoms with Crippen molar-refractivity contribution in [2.75, 3.05) is 10.6 Å². The van der Waals surface area contributed by atoms with Gasteiger partial charge in [0.1, 0.15) is 5.75 Å². The van der Waals surface area contributed by atoms with Crippen LogP contribution in [-0.2, 0) is 11.2 Å². The van der Waals surface area contributed by atoms with Crippen molar-refractivity contribution < 1.29 is 22.7 Å². The van der Waals surface area contributed by atoms with Gasteiger partial charge in [0, 0.05) is 16.8 Å². The van der Waals surface area contributed by atoms with Crippen molar-refractivity contribution in [2.45, 2.75) is 19.7 Å². The highest BCUT2D eigenvalue weighted by Crippen LogP contribution is 2.26. The Morgan fingerprint density at radius 3 is 2.36 bits per heavy atom. The van der Waals surface area contributed by atoms with E-state index in [9.17, 15) is 18.0 Å². The Morgan fingerprint density at radius 2 is 1.71 bits per heavy atom. The van der Waals surface area contributed by atoms with Crippen LogP contribution in [0.4, 0.5) is 29.7 Å². The Bertz CT molecular complexity index is 938. The monoisotopic (exact) mass is 407 g/mol. The van der Waals surface area contributed by atoms with Gasteiger partial charge in [-0.15, -0.1) is 24.5 Å². The third kappa shape index (κ3) is 5.98. The second-order valence-electron chi connectivity index (χ2n) is 5.93. The van der Waals surface area contributed by atoms with E-state index in [2.05, 4.69) is 20.4 Å². The highest BCUT2D eigenvalue weighted by molar-refractivity contribution is 7.13. The van der Waals surface area contributed by atoms with E-state index >= 15 is 0 Å². The maximum Gasteiger partial charge on any atom is 0.573 e. The van der Waals surface area contributed by atoms with Crippen LogP contribution < -0.4 is 15.4 Å². The molecule has 0 unspecified atom stereocenters. The summed E-state index contributed by atoms with van der Waals surface area (Å²) in [6.07, 6.45) is -4.61. The van der Waals surface area contributed by atoms with E-state index in [0.717, 1.165) is 5.56 Å². The van der Waals surface area contributed by atoms with Crippen molar-refractivity contribution >= 4 is 33.8 Å². The van der Waals surface area contributed by atoms with Gasteiger partial charge >= 0.3 is 6.36 Å². The largest absolute Gasteiger partial charge is 0.573 e. The molecule has 146 valence electrons. The van der Waals surface area contributed by atoms with Gasteiger partial charge in [-0.25, -0.2) is 4.98 Å². The minimum atomic E-state index is -4.72. The first kappa shape index (κ1) is 19.7. The van der Waals surface area contributed by atoms with Crippen LogP contribution in [0, 0.1) is 6.92 Å². The first-order valence-corrected chi connectivity index (χ1v) is 9.08. The molecule has 0 spiro atoms. The van der Waals surface area contributed by atoms with Crippen LogP contribution in [-0.4, -0.2) is 17.3 Å². The van der Waals surface area contributed by atoms with Crippen molar-refractivity contribution in [3.05, 3.63) is 65.2 Å². The van der Waals surface area contributed by atoms with Gasteiger partial charge in [-0.1, -0.05) is 17.7 Å². The third-order valence-corrected chi connectivity index (χ3v) is 4.37. The maximum atomic E-state index is 12.2. The fourth-order valence-electron chi connectivity index (χ4n) is 2.32. The van der Waals surface area contributed by atoms with Crippen LogP contribution in [0.3, 0.4) is 0 Å². The topological polar surface area (TPSA) is 63.2 Å². The van der Waals surface area contributed by atoms with Gasteiger partial charge in [0.25, 0.3) is 0 Å². The average Bonchev–Trinajstić information content (AvgIpc) is 3.04. The summed E-state index contributed by atoms with van der Waals surface area (Å²) >= 11 is 1.30. The van der Waals surface area contributed by atoms with Gasteiger partial charge < -0.3 is 15.4 Å². The lowest BCUT2D eigenvalue weighted by Gasteiger charge is -2.09. The Kier molecular flexibility index (Phi) is 5.84. The normalized spacial score (nSPS) is 11.1. The molecule has 1 amide bonds. The minimum absolute atomic E-state index is 0.115. The Hall–Kier alpha value is -3.07. The number of thiazole rings is 1. The molecule has 0 atom stereocenters. The predicted molar refractivity (Wildman–Crippen MR) is 102 cm³/mol. The van der Waals surface area contributed by atoms with Gasteiger partial charge in [0.2, 0.25) is 5.91 Å². The van der Waals surface area contributed by atoms with Gasteiger partial charge in [-0.3, -0.25) is 4.79 Å². The van der Waals surface area contributed by atoms with Crippen molar-refractivity contribution in [3.63, 3.8) is 0 Å². The third-order valence-electron chi connectivity index (χ3n) is 3.57. The van der Waals surface area contributed by atoms with Gasteiger partial charge in [0.05, 0.1) is 12.1 Å². The fourth-order valence-corrected chi connectivity index (χ4v) is 3.05. The fraction of sp³-hybridized carbons (Fsp3) is 0.158. The molecule has 1 aromatic heterocycles. The molecule has 0 aliphatic heterocycles. The number of ether oxygens (including phenoxy) is 1. The molecule has 9 heteroatoms. The molecule has 3 aromatic rings. The van der Waals surface area contributed by atoms with E-state index < -0.39 is 6.36 Å². The van der Waals surface area contributed by atoms with E-state index in [1.54, 1.807) is 5.38 Å². The number of amides is 1. The lowest BCUT2D eigenvalue weighted by molar-refractivity contribution is -0.274. The SMILES string of the molecule is Cc1ccc(NC(=O)Cc2csc(Nc3ccc(OC(F)(F)F)cc3)n2)cc1. The lowest BCUT2D eigenvalue weighted by Crippen LogP contribution is -2.16. The maximum absolute atomic E-state index is 12.2. The number of carbonyl (C=O) groups excluding carboxylic acids is 1. The zero-order valence-electron chi connectivity index (χ0n) is 14.7. The van der Waals surface area contributed by atoms with Crippen LogP contribution in [0.15, 0.2) is 53.9 Å². The first-order valence-electron chi connectivity index (χ1n) is 8.20. The highest BCUT2D eigenvalue weighted by Gasteiger charge is 2.30. The molecule has 5 nitrogen and oxygen atoms in total. The van der Waals surface area contributed by atoms with E-state index in [-0.39, 0.29) is 18.1 Å². The number of aryl methyl sites for hydroxylation is 1. The second kappa shape index (κ2) is 8.30. The summed E-state index contributed by atoms with van der Waals surface area (Å²) in [6, 6.07) is 12.8. The zero-order valence-corrected chi connectivity index (χ0v) is 15.5. The molecular formula is C19H16F3N3O2S. The standard InChI is InChI=1S/C19H16F3N3O2S/c1-12-2-4-13(5-3-12)23-17(26)10-15-11-28-18(25-15)24-14-6-8-16(9-7-14)27-19(20,21)22/h2-9,11H,10H2,1H3,(H,23,26)(H,24,25). The predicted octanol–water partition coefficient (Wildman–Crippen LogP) is 5.27. The number of halogens is 3. The van der Waals surface area contributed by atoms with Crippen LogP contribution >= 0.6 is 11.3 Å². The minimum Gasteiger partial charge on any atom is -0.406 e. The molecule has 0 bridgehead atoms. The molecule has 2 N–H and O–H groups in total. The van der Waals surface area contributed by atoms with Gasteiger partial charge in [0.15, 0.2) is 5.13 Å². The van der Waals surface area contributed by atoms with Gasteiger partial charge in [-0.05, 0) is 43.3 Å². The first-order chi connectivity index (χ1) is 13.3. The summed E-state index contributed by atoms with van der Waals surface area (Å²) in [7, 11) is 0. The van der Waals surface area contributed by atoms with E-state index in [0.29, 0.717) is 22.2 Å². The molecule has 28 heavy (non-hydrogen) atoms. The van der Waals surface area contributed by atoms with Crippen LogP contribution in [0.25, 0.3) is 0 Å². The number of hydrogen-bond acceptors (Lipinski definition) is 5. The summed E-state index contributed by atoms with van der Waals surface area (Å²) in [6.45, 7) is 1.96. The molecule has 0 saturated heterocycles. The Labute approximate surface area is 163 Å². The number of benzene rings is 2. The number of anilines is 3. The van der Waals surface area contributed by atoms with Crippen LogP contribution in [0.2, 0.25) is 0 Å². The number of nitrogens with one attached hydrogen (secondary N) is 2. The number of hydrogen-bond donors (Lipinski definition) is 2. The summed E-state index contributed by atoms with van der Waals surface area (Å²) in [5.41, 5.74) is 2.96. The van der Waals surface area contributed by atoms with Gasteiger partial charge in [-0.2, -0.15) is 0 Å². The Balaban J connectivity index is 1.55. The molecule has 0 aliphatic carbocycles. The average molecular weight is 407 g/mol. The molecule has 2 aromatic carbocycles. The number of carbonyl (C=O) groups is 1. The zero-order chi connectivity index (χ0) is 20.1.